The molecule has 2 fully saturated rings. The lowest BCUT2D eigenvalue weighted by Crippen LogP contribution is -2.38. The molecule has 3 rings (SSSR count). The summed E-state index contributed by atoms with van der Waals surface area (Å²) in [5.41, 5.74) is 0. The van der Waals surface area contributed by atoms with Gasteiger partial charge in [-0.25, -0.2) is 8.42 Å². The van der Waals surface area contributed by atoms with E-state index in [0.717, 1.165) is 6.42 Å². The van der Waals surface area contributed by atoms with Crippen LogP contribution >= 0.6 is 0 Å². The first-order valence-electron chi connectivity index (χ1n) is 5.77. The maximum atomic E-state index is 12.4. The van der Waals surface area contributed by atoms with Gasteiger partial charge in [0.25, 0.3) is 10.0 Å². The summed E-state index contributed by atoms with van der Waals surface area (Å²) >= 11 is 0. The number of H-pyrrole nitrogens is 1. The topological polar surface area (TPSA) is 103 Å². The number of rotatable bonds is 3. The molecule has 0 saturated carbocycles. The third kappa shape index (κ3) is 1.49. The first-order chi connectivity index (χ1) is 8.51. The molecule has 2 saturated heterocycles. The van der Waals surface area contributed by atoms with Gasteiger partial charge < -0.3 is 5.11 Å². The van der Waals surface area contributed by atoms with Gasteiger partial charge in [-0.15, -0.1) is 0 Å². The van der Waals surface area contributed by atoms with E-state index >= 15 is 0 Å². The number of carboxylic acids is 1. The van der Waals surface area contributed by atoms with Crippen molar-refractivity contribution in [1.82, 2.24) is 14.5 Å². The third-order valence-corrected chi connectivity index (χ3v) is 5.73. The normalized spacial score (nSPS) is 31.9. The molecule has 1 aromatic rings. The lowest BCUT2D eigenvalue weighted by molar-refractivity contribution is -0.142. The van der Waals surface area contributed by atoms with Crippen LogP contribution in [0.5, 0.6) is 0 Å². The van der Waals surface area contributed by atoms with Crippen molar-refractivity contribution in [3.05, 3.63) is 12.3 Å². The minimum atomic E-state index is -3.65. The highest BCUT2D eigenvalue weighted by molar-refractivity contribution is 7.89. The Bertz CT molecular complexity index is 568. The van der Waals surface area contributed by atoms with Crippen LogP contribution in [0.2, 0.25) is 0 Å². The Labute approximate surface area is 104 Å². The summed E-state index contributed by atoms with van der Waals surface area (Å²) in [6, 6.07) is 0.785. The van der Waals surface area contributed by atoms with Gasteiger partial charge in [0.2, 0.25) is 0 Å². The average molecular weight is 271 g/mol. The standard InChI is InChI=1S/C10H13N3O4S/c14-10(15)7-5-6-1-2-8(7)13(6)18(16,17)9-3-4-11-12-9/h3-4,6-8H,1-2,5H2,(H,11,12)(H,14,15). The number of nitrogens with one attached hydrogen (secondary N) is 1. The Hall–Kier alpha value is -1.41. The molecule has 0 spiro atoms. The van der Waals surface area contributed by atoms with Crippen LogP contribution in [0.1, 0.15) is 19.3 Å². The highest BCUT2D eigenvalue weighted by Gasteiger charge is 2.54. The van der Waals surface area contributed by atoms with Gasteiger partial charge >= 0.3 is 5.97 Å². The van der Waals surface area contributed by atoms with Crippen LogP contribution in [-0.2, 0) is 14.8 Å². The first-order valence-corrected chi connectivity index (χ1v) is 7.21. The van der Waals surface area contributed by atoms with Crippen molar-refractivity contribution < 1.29 is 18.3 Å². The minimum Gasteiger partial charge on any atom is -0.481 e. The summed E-state index contributed by atoms with van der Waals surface area (Å²) in [4.78, 5) is 11.1. The fraction of sp³-hybridized carbons (Fsp3) is 0.600. The smallest absolute Gasteiger partial charge is 0.308 e. The molecule has 0 radical (unpaired) electrons. The molecule has 18 heavy (non-hydrogen) atoms. The second kappa shape index (κ2) is 3.79. The highest BCUT2D eigenvalue weighted by atomic mass is 32.2. The number of aromatic amines is 1. The summed E-state index contributed by atoms with van der Waals surface area (Å²) in [7, 11) is -3.65. The van der Waals surface area contributed by atoms with Gasteiger partial charge in [0, 0.05) is 12.1 Å². The Morgan fingerprint density at radius 2 is 2.28 bits per heavy atom. The zero-order valence-corrected chi connectivity index (χ0v) is 10.3. The number of hydrogen-bond donors (Lipinski definition) is 2. The Morgan fingerprint density at radius 1 is 1.50 bits per heavy atom. The lowest BCUT2D eigenvalue weighted by Gasteiger charge is -2.21. The van der Waals surface area contributed by atoms with Crippen molar-refractivity contribution in [1.29, 1.82) is 0 Å². The van der Waals surface area contributed by atoms with Crippen molar-refractivity contribution in [3.63, 3.8) is 0 Å². The molecule has 0 amide bonds. The third-order valence-electron chi connectivity index (χ3n) is 3.82. The van der Waals surface area contributed by atoms with Crippen LogP contribution in [0, 0.1) is 5.92 Å². The van der Waals surface area contributed by atoms with E-state index in [1.165, 1.54) is 16.6 Å². The van der Waals surface area contributed by atoms with Crippen molar-refractivity contribution in [2.45, 2.75) is 36.4 Å². The van der Waals surface area contributed by atoms with Crippen LogP contribution in [-0.4, -0.2) is 46.1 Å². The van der Waals surface area contributed by atoms with E-state index in [4.69, 9.17) is 5.11 Å². The number of aromatic nitrogens is 2. The SMILES string of the molecule is O=C(O)C1CC2CCC1N2S(=O)(=O)c1ccn[nH]1. The van der Waals surface area contributed by atoms with E-state index in [9.17, 15) is 13.2 Å². The quantitative estimate of drug-likeness (QED) is 0.807. The largest absolute Gasteiger partial charge is 0.481 e. The molecule has 1 aromatic heterocycles. The van der Waals surface area contributed by atoms with Crippen molar-refractivity contribution in [3.8, 4) is 0 Å². The monoisotopic (exact) mass is 271 g/mol. The number of aliphatic carboxylic acids is 1. The number of carbonyl (C=O) groups is 1. The van der Waals surface area contributed by atoms with Crippen LogP contribution in [0.4, 0.5) is 0 Å². The fourth-order valence-electron chi connectivity index (χ4n) is 3.08. The Morgan fingerprint density at radius 3 is 2.83 bits per heavy atom. The van der Waals surface area contributed by atoms with E-state index in [-0.39, 0.29) is 11.1 Å². The predicted molar refractivity (Wildman–Crippen MR) is 60.2 cm³/mol. The summed E-state index contributed by atoms with van der Waals surface area (Å²) in [6.45, 7) is 0. The molecule has 98 valence electrons. The lowest BCUT2D eigenvalue weighted by atomic mass is 9.89. The zero-order valence-electron chi connectivity index (χ0n) is 9.48. The van der Waals surface area contributed by atoms with E-state index < -0.39 is 28.0 Å². The van der Waals surface area contributed by atoms with E-state index in [1.807, 2.05) is 0 Å². The van der Waals surface area contributed by atoms with Gasteiger partial charge in [-0.1, -0.05) is 0 Å². The molecule has 3 heterocycles. The molecule has 3 unspecified atom stereocenters. The highest BCUT2D eigenvalue weighted by Crippen LogP contribution is 2.44. The maximum Gasteiger partial charge on any atom is 0.308 e. The average Bonchev–Trinajstić information content (AvgIpc) is 3.04. The molecule has 8 heteroatoms. The van der Waals surface area contributed by atoms with E-state index in [2.05, 4.69) is 10.2 Å². The van der Waals surface area contributed by atoms with Crippen LogP contribution in [0.15, 0.2) is 17.3 Å². The number of sulfonamides is 1. The van der Waals surface area contributed by atoms with Gasteiger partial charge in [-0.3, -0.25) is 9.89 Å². The van der Waals surface area contributed by atoms with Gasteiger partial charge in [0.1, 0.15) is 0 Å². The molecule has 0 aromatic carbocycles. The summed E-state index contributed by atoms with van der Waals surface area (Å²) in [5.74, 6) is -1.49. The Balaban J connectivity index is 1.97. The van der Waals surface area contributed by atoms with E-state index in [0.29, 0.717) is 12.8 Å². The van der Waals surface area contributed by atoms with Gasteiger partial charge in [0.05, 0.1) is 12.1 Å². The first kappa shape index (κ1) is 11.7. The van der Waals surface area contributed by atoms with Crippen LogP contribution < -0.4 is 0 Å². The molecule has 2 aliphatic rings. The van der Waals surface area contributed by atoms with E-state index in [1.54, 1.807) is 0 Å². The minimum absolute atomic E-state index is 0.0328. The summed E-state index contributed by atoms with van der Waals surface area (Å²) < 4.78 is 26.1. The molecule has 0 aliphatic carbocycles. The number of nitrogens with zero attached hydrogens (tertiary/aromatic N) is 2. The van der Waals surface area contributed by atoms with Crippen molar-refractivity contribution in [2.24, 2.45) is 5.92 Å². The van der Waals surface area contributed by atoms with Gasteiger partial charge in [0.15, 0.2) is 5.03 Å². The molecule has 2 bridgehead atoms. The fourth-order valence-corrected chi connectivity index (χ4v) is 4.90. The maximum absolute atomic E-state index is 12.4. The van der Waals surface area contributed by atoms with Gasteiger partial charge in [-0.2, -0.15) is 9.40 Å². The number of carboxylic acid groups (broad SMARTS) is 1. The van der Waals surface area contributed by atoms with Crippen molar-refractivity contribution >= 4 is 16.0 Å². The van der Waals surface area contributed by atoms with Crippen LogP contribution in [0.3, 0.4) is 0 Å². The summed E-state index contributed by atoms with van der Waals surface area (Å²) in [5, 5.41) is 15.2. The molecular weight excluding hydrogens is 258 g/mol. The van der Waals surface area contributed by atoms with Crippen molar-refractivity contribution in [2.75, 3.05) is 0 Å². The Kier molecular flexibility index (Phi) is 2.46. The molecule has 3 atom stereocenters. The number of hydrogen-bond acceptors (Lipinski definition) is 4. The van der Waals surface area contributed by atoms with Gasteiger partial charge in [-0.05, 0) is 25.3 Å². The molecule has 2 N–H and O–H groups in total. The zero-order chi connectivity index (χ0) is 12.9. The molecule has 7 nitrogen and oxygen atoms in total. The van der Waals surface area contributed by atoms with Crippen LogP contribution in [0.25, 0.3) is 0 Å². The number of fused-ring (bicyclic) bond motifs is 2. The predicted octanol–water partition coefficient (Wildman–Crippen LogP) is 0.0359. The second-order valence-corrected chi connectivity index (χ2v) is 6.55. The molecular formula is C10H13N3O4S. The second-order valence-electron chi connectivity index (χ2n) is 4.73. The molecule has 2 aliphatic heterocycles. The summed E-state index contributed by atoms with van der Waals surface area (Å²) in [6.07, 6.45) is 3.14.